The van der Waals surface area contributed by atoms with Crippen molar-refractivity contribution in [2.24, 2.45) is 0 Å². The maximum atomic E-state index is 13.4. The van der Waals surface area contributed by atoms with Crippen LogP contribution in [0.4, 0.5) is 0 Å². The number of imidazole rings is 1. The van der Waals surface area contributed by atoms with E-state index in [1.807, 2.05) is 6.92 Å². The van der Waals surface area contributed by atoms with E-state index in [0.717, 1.165) is 0 Å². The molecule has 3 aromatic rings. The van der Waals surface area contributed by atoms with Crippen LogP contribution in [0.15, 0.2) is 23.1 Å². The molecule has 9 nitrogen and oxygen atoms in total. The summed E-state index contributed by atoms with van der Waals surface area (Å²) >= 11 is 1.28. The zero-order valence-electron chi connectivity index (χ0n) is 18.3. The summed E-state index contributed by atoms with van der Waals surface area (Å²) < 4.78 is 36.5. The van der Waals surface area contributed by atoms with Gasteiger partial charge in [-0.15, -0.1) is 0 Å². The fraction of sp³-hybridized carbons (Fsp3) is 0.524. The van der Waals surface area contributed by atoms with E-state index in [1.54, 1.807) is 36.6 Å². The summed E-state index contributed by atoms with van der Waals surface area (Å²) in [5.74, 6) is 0.216. The van der Waals surface area contributed by atoms with Gasteiger partial charge in [0.2, 0.25) is 15.0 Å². The van der Waals surface area contributed by atoms with Crippen LogP contribution in [-0.2, 0) is 15.6 Å². The Bertz CT molecular complexity index is 1330. The van der Waals surface area contributed by atoms with E-state index in [0.29, 0.717) is 52.6 Å². The van der Waals surface area contributed by atoms with E-state index in [2.05, 4.69) is 14.8 Å². The van der Waals surface area contributed by atoms with Crippen LogP contribution in [0.3, 0.4) is 0 Å². The second-order valence-corrected chi connectivity index (χ2v) is 11.9. The Kier molecular flexibility index (Phi) is 4.58. The van der Waals surface area contributed by atoms with Gasteiger partial charge in [0.1, 0.15) is 21.3 Å². The first kappa shape index (κ1) is 21.8. The number of hydrogen-bond acceptors (Lipinski definition) is 8. The van der Waals surface area contributed by atoms with Crippen LogP contribution in [0.5, 0.6) is 5.75 Å². The number of aliphatic hydroxyl groups is 2. The molecule has 0 aliphatic heterocycles. The summed E-state index contributed by atoms with van der Waals surface area (Å²) in [6, 6.07) is 4.92. The van der Waals surface area contributed by atoms with E-state index in [-0.39, 0.29) is 10.6 Å². The molecule has 11 heteroatoms. The maximum Gasteiger partial charge on any atom is 0.244 e. The summed E-state index contributed by atoms with van der Waals surface area (Å²) in [6.45, 7) is 5.14. The SMILES string of the molecule is COc1ccc(-c2c(C)nc3sc(C(C)(C)O)nn23)cc1S(=O)(=O)NC12CCC1(O)CC2. The number of benzene rings is 1. The quantitative estimate of drug-likeness (QED) is 0.496. The van der Waals surface area contributed by atoms with Crippen LogP contribution in [0.2, 0.25) is 0 Å². The van der Waals surface area contributed by atoms with Gasteiger partial charge in [-0.2, -0.15) is 5.10 Å². The molecule has 172 valence electrons. The van der Waals surface area contributed by atoms with Crippen molar-refractivity contribution in [1.29, 1.82) is 0 Å². The molecule has 0 unspecified atom stereocenters. The Balaban J connectivity index is 1.60. The smallest absolute Gasteiger partial charge is 0.244 e. The number of methoxy groups -OCH3 is 1. The number of ether oxygens (including phenoxy) is 1. The summed E-state index contributed by atoms with van der Waals surface area (Å²) in [4.78, 5) is 5.16. The molecule has 0 saturated heterocycles. The van der Waals surface area contributed by atoms with Gasteiger partial charge in [0.15, 0.2) is 0 Å². The summed E-state index contributed by atoms with van der Waals surface area (Å²) in [5.41, 5.74) is -0.905. The lowest BCUT2D eigenvalue weighted by Gasteiger charge is -2.64. The second-order valence-electron chi connectivity index (χ2n) is 9.29. The van der Waals surface area contributed by atoms with E-state index in [9.17, 15) is 18.6 Å². The second kappa shape index (κ2) is 6.73. The minimum atomic E-state index is -3.96. The lowest BCUT2D eigenvalue weighted by molar-refractivity contribution is -0.192. The van der Waals surface area contributed by atoms with Gasteiger partial charge in [0.05, 0.1) is 29.6 Å². The number of nitrogens with zero attached hydrogens (tertiary/aromatic N) is 3. The van der Waals surface area contributed by atoms with E-state index in [1.165, 1.54) is 18.4 Å². The molecule has 3 N–H and O–H groups in total. The maximum absolute atomic E-state index is 13.4. The third-order valence-corrected chi connectivity index (χ3v) is 9.56. The monoisotopic (exact) mass is 478 g/mol. The lowest BCUT2D eigenvalue weighted by Crippen LogP contribution is -2.77. The number of aromatic nitrogens is 3. The predicted molar refractivity (Wildman–Crippen MR) is 119 cm³/mol. The van der Waals surface area contributed by atoms with Gasteiger partial charge in [-0.1, -0.05) is 11.3 Å². The fourth-order valence-corrected chi connectivity index (χ4v) is 7.31. The van der Waals surface area contributed by atoms with Crippen LogP contribution < -0.4 is 9.46 Å². The minimum absolute atomic E-state index is 0.000293. The van der Waals surface area contributed by atoms with Gasteiger partial charge < -0.3 is 14.9 Å². The number of nitrogens with one attached hydrogen (secondary N) is 1. The minimum Gasteiger partial charge on any atom is -0.495 e. The van der Waals surface area contributed by atoms with Gasteiger partial charge in [-0.25, -0.2) is 22.6 Å². The van der Waals surface area contributed by atoms with Crippen LogP contribution in [0, 0.1) is 6.92 Å². The van der Waals surface area contributed by atoms with E-state index >= 15 is 0 Å². The normalized spacial score (nSPS) is 25.3. The number of fused-ring (bicyclic) bond motifs is 2. The molecule has 2 heterocycles. The van der Waals surface area contributed by atoms with Gasteiger partial charge >= 0.3 is 0 Å². The Labute approximate surface area is 190 Å². The number of sulfonamides is 1. The van der Waals surface area contributed by atoms with Crippen LogP contribution >= 0.6 is 11.3 Å². The molecule has 0 amide bonds. The predicted octanol–water partition coefficient (Wildman–Crippen LogP) is 2.34. The van der Waals surface area contributed by atoms with Gasteiger partial charge in [0.25, 0.3) is 0 Å². The molecule has 2 aliphatic rings. The Morgan fingerprint density at radius 3 is 2.47 bits per heavy atom. The van der Waals surface area contributed by atoms with E-state index < -0.39 is 26.8 Å². The van der Waals surface area contributed by atoms with Crippen molar-refractivity contribution >= 4 is 26.3 Å². The molecule has 0 spiro atoms. The average Bonchev–Trinajstić information content (AvgIpc) is 3.26. The summed E-state index contributed by atoms with van der Waals surface area (Å²) in [7, 11) is -2.54. The van der Waals surface area contributed by atoms with Gasteiger partial charge in [-0.3, -0.25) is 0 Å². The first-order chi connectivity index (χ1) is 14.9. The van der Waals surface area contributed by atoms with Crippen molar-refractivity contribution in [2.45, 2.75) is 68.1 Å². The molecular formula is C21H26N4O5S2. The number of aryl methyl sites for hydroxylation is 1. The highest BCUT2D eigenvalue weighted by molar-refractivity contribution is 7.89. The zero-order valence-corrected chi connectivity index (χ0v) is 20.0. The molecule has 2 aliphatic carbocycles. The molecule has 1 aromatic carbocycles. The first-order valence-corrected chi connectivity index (χ1v) is 12.7. The van der Waals surface area contributed by atoms with Crippen molar-refractivity contribution in [3.05, 3.63) is 28.9 Å². The molecule has 0 bridgehead atoms. The molecule has 2 fully saturated rings. The largest absolute Gasteiger partial charge is 0.495 e. The lowest BCUT2D eigenvalue weighted by atomic mass is 9.50. The van der Waals surface area contributed by atoms with Gasteiger partial charge in [-0.05, 0) is 64.7 Å². The summed E-state index contributed by atoms with van der Waals surface area (Å²) in [5, 5.41) is 25.9. The fourth-order valence-electron chi connectivity index (χ4n) is 4.65. The third-order valence-electron chi connectivity index (χ3n) is 6.78. The standard InChI is InChI=1S/C21H26N4O5S2/c1-12-16(25-18(22-12)31-17(23-25)19(2,3)26)13-5-6-14(30-4)15(11-13)32(28,29)24-20-7-9-21(20,27)10-8-20/h5-6,11,24,26-27H,7-10H2,1-4H3. The van der Waals surface area contributed by atoms with Crippen molar-refractivity contribution < 1.29 is 23.4 Å². The van der Waals surface area contributed by atoms with Crippen LogP contribution in [-0.4, -0.2) is 51.5 Å². The van der Waals surface area contributed by atoms with E-state index in [4.69, 9.17) is 4.74 Å². The average molecular weight is 479 g/mol. The molecule has 32 heavy (non-hydrogen) atoms. The highest BCUT2D eigenvalue weighted by Crippen LogP contribution is 2.57. The Morgan fingerprint density at radius 2 is 1.94 bits per heavy atom. The van der Waals surface area contributed by atoms with Gasteiger partial charge in [0, 0.05) is 5.56 Å². The van der Waals surface area contributed by atoms with Crippen molar-refractivity contribution in [3.63, 3.8) is 0 Å². The number of rotatable bonds is 6. The topological polar surface area (TPSA) is 126 Å². The number of hydrogen-bond donors (Lipinski definition) is 3. The molecule has 2 aromatic heterocycles. The molecule has 0 radical (unpaired) electrons. The molecule has 5 rings (SSSR count). The molecule has 2 saturated carbocycles. The highest BCUT2D eigenvalue weighted by atomic mass is 32.2. The van der Waals surface area contributed by atoms with Crippen LogP contribution in [0.25, 0.3) is 16.2 Å². The summed E-state index contributed by atoms with van der Waals surface area (Å²) in [6.07, 6.45) is 2.44. The first-order valence-electron chi connectivity index (χ1n) is 10.4. The molecular weight excluding hydrogens is 452 g/mol. The molecule has 0 atom stereocenters. The van der Waals surface area contributed by atoms with Crippen molar-refractivity contribution in [3.8, 4) is 17.0 Å². The Morgan fingerprint density at radius 1 is 1.25 bits per heavy atom. The highest BCUT2D eigenvalue weighted by Gasteiger charge is 2.66. The van der Waals surface area contributed by atoms with Crippen molar-refractivity contribution in [2.75, 3.05) is 7.11 Å². The zero-order chi connectivity index (χ0) is 23.1. The Hall–Kier alpha value is -2.05. The van der Waals surface area contributed by atoms with Crippen LogP contribution in [0.1, 0.15) is 50.2 Å². The van der Waals surface area contributed by atoms with Crippen molar-refractivity contribution in [1.82, 2.24) is 19.3 Å². The third kappa shape index (κ3) is 3.02.